The third kappa shape index (κ3) is 3.78. The van der Waals surface area contributed by atoms with Gasteiger partial charge in [-0.25, -0.2) is 0 Å². The highest BCUT2D eigenvalue weighted by Gasteiger charge is 2.22. The van der Waals surface area contributed by atoms with Gasteiger partial charge < -0.3 is 4.42 Å². The van der Waals surface area contributed by atoms with Gasteiger partial charge >= 0.3 is 0 Å². The molecule has 7 aromatic carbocycles. The van der Waals surface area contributed by atoms with Crippen LogP contribution >= 0.6 is 0 Å². The lowest BCUT2D eigenvalue weighted by Gasteiger charge is -2.18. The first-order valence-corrected chi connectivity index (χ1v) is 15.1. The predicted octanol–water partition coefficient (Wildman–Crippen LogP) is 11.9. The molecule has 0 amide bonds. The van der Waals surface area contributed by atoms with Gasteiger partial charge in [0.1, 0.15) is 11.3 Å². The number of hydrogen-bond donors (Lipinski definition) is 0. The molecule has 9 rings (SSSR count). The van der Waals surface area contributed by atoms with Gasteiger partial charge in [0.05, 0.1) is 0 Å². The molecule has 0 bridgehead atoms. The Kier molecular flexibility index (Phi) is 5.39. The molecule has 0 saturated carbocycles. The Bertz CT molecular complexity index is 2330. The number of fused-ring (bicyclic) bond motifs is 6. The van der Waals surface area contributed by atoms with Crippen molar-refractivity contribution < 1.29 is 4.42 Å². The lowest BCUT2D eigenvalue weighted by Crippen LogP contribution is -1.93. The molecule has 1 heteroatoms. The van der Waals surface area contributed by atoms with Crippen LogP contribution in [0, 0.1) is 0 Å². The minimum absolute atomic E-state index is 0.954. The molecule has 0 aliphatic heterocycles. The van der Waals surface area contributed by atoms with Gasteiger partial charge in [-0.05, 0) is 84.3 Å². The molecule has 1 nitrogen and oxygen atoms in total. The molecule has 0 atom stereocenters. The second kappa shape index (κ2) is 9.58. The lowest BCUT2D eigenvalue weighted by atomic mass is 9.84. The Morgan fingerprint density at radius 1 is 0.488 bits per heavy atom. The topological polar surface area (TPSA) is 13.1 Å². The summed E-state index contributed by atoms with van der Waals surface area (Å²) in [5.74, 6) is 1.10. The molecule has 1 aromatic heterocycles. The summed E-state index contributed by atoms with van der Waals surface area (Å²) in [5.41, 5.74) is 9.68. The van der Waals surface area contributed by atoms with Gasteiger partial charge in [0.25, 0.3) is 0 Å². The SMILES string of the molecule is C1=Cc2c(oc3cccc(-c4c5ccccc5c(-c5ccc(-c6ccc7ccccc7c6)cc5)c5ccccc45)c23)CC1. The van der Waals surface area contributed by atoms with Crippen LogP contribution in [0.3, 0.4) is 0 Å². The second-order valence-corrected chi connectivity index (χ2v) is 11.5. The summed E-state index contributed by atoms with van der Waals surface area (Å²) in [5, 5.41) is 8.80. The van der Waals surface area contributed by atoms with Crippen molar-refractivity contribution in [1.29, 1.82) is 0 Å². The zero-order valence-electron chi connectivity index (χ0n) is 23.7. The van der Waals surface area contributed by atoms with Gasteiger partial charge in [-0.3, -0.25) is 0 Å². The third-order valence-corrected chi connectivity index (χ3v) is 9.11. The van der Waals surface area contributed by atoms with Gasteiger partial charge in [0, 0.05) is 17.4 Å². The average Bonchev–Trinajstić information content (AvgIpc) is 3.46. The van der Waals surface area contributed by atoms with Crippen molar-refractivity contribution in [2.75, 3.05) is 0 Å². The number of hydrogen-bond acceptors (Lipinski definition) is 1. The summed E-state index contributed by atoms with van der Waals surface area (Å²) >= 11 is 0. The van der Waals surface area contributed by atoms with Crippen molar-refractivity contribution in [3.8, 4) is 33.4 Å². The first kappa shape index (κ1) is 24.2. The maximum Gasteiger partial charge on any atom is 0.135 e. The molecule has 0 spiro atoms. The predicted molar refractivity (Wildman–Crippen MR) is 182 cm³/mol. The van der Waals surface area contributed by atoms with Gasteiger partial charge in [0.15, 0.2) is 0 Å². The van der Waals surface area contributed by atoms with Crippen molar-refractivity contribution in [2.45, 2.75) is 12.8 Å². The molecule has 1 aliphatic rings. The maximum atomic E-state index is 6.39. The lowest BCUT2D eigenvalue weighted by molar-refractivity contribution is 0.546. The summed E-state index contributed by atoms with van der Waals surface area (Å²) < 4.78 is 6.39. The van der Waals surface area contributed by atoms with Crippen molar-refractivity contribution in [3.05, 3.63) is 151 Å². The molecule has 0 radical (unpaired) electrons. The van der Waals surface area contributed by atoms with Crippen LogP contribution in [0.2, 0.25) is 0 Å². The van der Waals surface area contributed by atoms with E-state index < -0.39 is 0 Å². The van der Waals surface area contributed by atoms with Crippen molar-refractivity contribution in [3.63, 3.8) is 0 Å². The minimum Gasteiger partial charge on any atom is -0.460 e. The fourth-order valence-electron chi connectivity index (χ4n) is 7.13. The molecule has 202 valence electrons. The Hall–Kier alpha value is -5.40. The van der Waals surface area contributed by atoms with Crippen molar-refractivity contribution in [2.24, 2.45) is 0 Å². The van der Waals surface area contributed by atoms with E-state index in [1.165, 1.54) is 76.6 Å². The van der Waals surface area contributed by atoms with E-state index in [1.807, 2.05) is 0 Å². The summed E-state index contributed by atoms with van der Waals surface area (Å²) in [7, 11) is 0. The third-order valence-electron chi connectivity index (χ3n) is 9.11. The van der Waals surface area contributed by atoms with E-state index in [0.29, 0.717) is 0 Å². The van der Waals surface area contributed by atoms with E-state index in [9.17, 15) is 0 Å². The first-order valence-electron chi connectivity index (χ1n) is 15.1. The number of allylic oxidation sites excluding steroid dienone is 1. The smallest absolute Gasteiger partial charge is 0.135 e. The summed E-state index contributed by atoms with van der Waals surface area (Å²) in [4.78, 5) is 0. The van der Waals surface area contributed by atoms with Crippen LogP contribution in [0.1, 0.15) is 17.7 Å². The van der Waals surface area contributed by atoms with Crippen LogP contribution in [0.5, 0.6) is 0 Å². The number of benzene rings is 7. The maximum absolute atomic E-state index is 6.39. The summed E-state index contributed by atoms with van der Waals surface area (Å²) in [6, 6.07) is 48.7. The second-order valence-electron chi connectivity index (χ2n) is 11.5. The van der Waals surface area contributed by atoms with Crippen molar-refractivity contribution in [1.82, 2.24) is 0 Å². The molecule has 1 aliphatic carbocycles. The van der Waals surface area contributed by atoms with E-state index in [4.69, 9.17) is 4.42 Å². The zero-order chi connectivity index (χ0) is 28.3. The summed E-state index contributed by atoms with van der Waals surface area (Å²) in [6.07, 6.45) is 6.51. The zero-order valence-corrected chi connectivity index (χ0v) is 23.7. The quantitative estimate of drug-likeness (QED) is 0.200. The Labute approximate surface area is 250 Å². The van der Waals surface area contributed by atoms with Gasteiger partial charge in [-0.1, -0.05) is 133 Å². The van der Waals surface area contributed by atoms with Gasteiger partial charge in [0.2, 0.25) is 0 Å². The van der Waals surface area contributed by atoms with Crippen LogP contribution in [-0.4, -0.2) is 0 Å². The Morgan fingerprint density at radius 3 is 1.86 bits per heavy atom. The monoisotopic (exact) mass is 548 g/mol. The normalized spacial score (nSPS) is 12.8. The fraction of sp³-hybridized carbons (Fsp3) is 0.0476. The van der Waals surface area contributed by atoms with Crippen molar-refractivity contribution >= 4 is 49.4 Å². The van der Waals surface area contributed by atoms with E-state index in [0.717, 1.165) is 24.2 Å². The highest BCUT2D eigenvalue weighted by Crippen LogP contribution is 2.47. The molecular weight excluding hydrogens is 520 g/mol. The molecule has 8 aromatic rings. The standard InChI is InChI=1S/C42H28O/c1-2-11-30-26-31(25-22-27(30)10-1)28-20-23-29(24-21-28)40-32-12-3-5-14-34(32)41(35-15-6-4-13-33(35)40)37-17-9-19-39-42(37)36-16-7-8-18-38(36)43-39/h1-7,9-17,19-26H,8,18H2. The van der Waals surface area contributed by atoms with Crippen LogP contribution in [-0.2, 0) is 6.42 Å². The van der Waals surface area contributed by atoms with Crippen LogP contribution in [0.25, 0.3) is 82.7 Å². The number of rotatable bonds is 3. The van der Waals surface area contributed by atoms with Crippen LogP contribution in [0.15, 0.2) is 144 Å². The number of furan rings is 1. The average molecular weight is 549 g/mol. The van der Waals surface area contributed by atoms with E-state index in [1.54, 1.807) is 0 Å². The number of aryl methyl sites for hydroxylation is 1. The molecule has 43 heavy (non-hydrogen) atoms. The van der Waals surface area contributed by atoms with E-state index in [-0.39, 0.29) is 0 Å². The molecule has 1 heterocycles. The highest BCUT2D eigenvalue weighted by molar-refractivity contribution is 6.24. The molecule has 0 N–H and O–H groups in total. The van der Waals surface area contributed by atoms with E-state index >= 15 is 0 Å². The Morgan fingerprint density at radius 2 is 1.12 bits per heavy atom. The first-order chi connectivity index (χ1) is 21.3. The highest BCUT2D eigenvalue weighted by atomic mass is 16.3. The van der Waals surface area contributed by atoms with Crippen LogP contribution < -0.4 is 0 Å². The van der Waals surface area contributed by atoms with Gasteiger partial charge in [-0.2, -0.15) is 0 Å². The largest absolute Gasteiger partial charge is 0.460 e. The fourth-order valence-corrected chi connectivity index (χ4v) is 7.13. The molecule has 0 fully saturated rings. The molecule has 0 saturated heterocycles. The minimum atomic E-state index is 0.954. The Balaban J connectivity index is 1.28. The molecule has 0 unspecified atom stereocenters. The molecular formula is C42H28O. The summed E-state index contributed by atoms with van der Waals surface area (Å²) in [6.45, 7) is 0. The van der Waals surface area contributed by atoms with Crippen LogP contribution in [0.4, 0.5) is 0 Å². The van der Waals surface area contributed by atoms with E-state index in [2.05, 4.69) is 146 Å². The van der Waals surface area contributed by atoms with Gasteiger partial charge in [-0.15, -0.1) is 0 Å².